The van der Waals surface area contributed by atoms with Gasteiger partial charge in [-0.15, -0.1) is 0 Å². The van der Waals surface area contributed by atoms with Crippen molar-refractivity contribution in [2.45, 2.75) is 25.4 Å². The number of pyridine rings is 2. The number of nitrogens with zero attached hydrogens (tertiary/aromatic N) is 3. The minimum absolute atomic E-state index is 0.262. The maximum atomic E-state index is 13.4. The lowest BCUT2D eigenvalue weighted by Crippen LogP contribution is -2.41. The molecule has 2 aliphatic heterocycles. The third-order valence-corrected chi connectivity index (χ3v) is 6.87. The number of carbonyl (C=O) groups is 1. The number of alkyl halides is 3. The number of aromatic nitrogens is 2. The molecule has 1 saturated heterocycles. The number of ether oxygens (including phenoxy) is 1. The fraction of sp³-hybridized carbons (Fsp3) is 0.318. The molecule has 0 spiro atoms. The van der Waals surface area contributed by atoms with Gasteiger partial charge >= 0.3 is 6.18 Å². The van der Waals surface area contributed by atoms with E-state index in [1.807, 2.05) is 0 Å². The Balaban J connectivity index is 1.48. The average Bonchev–Trinajstić information content (AvgIpc) is 3.29. The largest absolute Gasteiger partial charge is 0.416 e. The maximum absolute atomic E-state index is 13.4. The molecule has 10 heteroatoms. The Bertz CT molecular complexity index is 1200. The molecule has 1 atom stereocenters. The van der Waals surface area contributed by atoms with Crippen molar-refractivity contribution < 1.29 is 22.7 Å². The normalized spacial score (nSPS) is 18.7. The van der Waals surface area contributed by atoms with Crippen molar-refractivity contribution in [2.75, 3.05) is 23.8 Å². The number of benzene rings is 1. The molecule has 1 fully saturated rings. The number of carbonyl (C=O) groups excluding carboxylic acids is 1. The summed E-state index contributed by atoms with van der Waals surface area (Å²) in [6.45, 7) is 1.26. The molecule has 2 aliphatic rings. The number of halogens is 3. The van der Waals surface area contributed by atoms with Gasteiger partial charge in [0.05, 0.1) is 36.5 Å². The van der Waals surface area contributed by atoms with E-state index in [2.05, 4.69) is 9.97 Å². The zero-order valence-corrected chi connectivity index (χ0v) is 17.7. The topological polar surface area (TPSA) is 81.3 Å². The van der Waals surface area contributed by atoms with Gasteiger partial charge in [0.15, 0.2) is 0 Å². The molecule has 5 rings (SSSR count). The van der Waals surface area contributed by atoms with Crippen LogP contribution in [0.4, 0.5) is 19.0 Å². The molecule has 0 aliphatic carbocycles. The van der Waals surface area contributed by atoms with Gasteiger partial charge in [-0.2, -0.15) is 24.9 Å². The first-order valence-corrected chi connectivity index (χ1v) is 11.2. The van der Waals surface area contributed by atoms with E-state index < -0.39 is 11.7 Å². The van der Waals surface area contributed by atoms with Gasteiger partial charge in [-0.1, -0.05) is 12.1 Å². The number of nitrogen functional groups attached to an aromatic ring is 1. The van der Waals surface area contributed by atoms with Crippen LogP contribution in [0.2, 0.25) is 0 Å². The number of hydrogen-bond donors (Lipinski definition) is 1. The number of rotatable bonds is 2. The molecule has 166 valence electrons. The van der Waals surface area contributed by atoms with Crippen molar-refractivity contribution in [1.82, 2.24) is 14.9 Å². The van der Waals surface area contributed by atoms with E-state index in [1.54, 1.807) is 22.7 Å². The first kappa shape index (κ1) is 21.0. The number of anilines is 1. The second kappa shape index (κ2) is 7.93. The minimum Gasteiger partial charge on any atom is -0.383 e. The van der Waals surface area contributed by atoms with E-state index in [9.17, 15) is 18.0 Å². The van der Waals surface area contributed by atoms with Gasteiger partial charge in [-0.25, -0.2) is 9.97 Å². The minimum atomic E-state index is -4.40. The van der Waals surface area contributed by atoms with Crippen molar-refractivity contribution in [3.63, 3.8) is 0 Å². The average molecular weight is 460 g/mol. The van der Waals surface area contributed by atoms with Crippen molar-refractivity contribution in [3.8, 4) is 0 Å². The molecule has 1 amide bonds. The lowest BCUT2D eigenvalue weighted by molar-refractivity contribution is -0.137. The molecule has 4 heterocycles. The Morgan fingerprint density at radius 1 is 1.19 bits per heavy atom. The fourth-order valence-electron chi connectivity index (χ4n) is 4.16. The molecule has 1 aromatic carbocycles. The number of amides is 1. The zero-order chi connectivity index (χ0) is 22.5. The molecular formula is C22H19F3N4O2S. The van der Waals surface area contributed by atoms with Gasteiger partial charge in [0.1, 0.15) is 11.5 Å². The Hall–Kier alpha value is -2.85. The highest BCUT2D eigenvalue weighted by molar-refractivity contribution is 7.99. The van der Waals surface area contributed by atoms with Crippen LogP contribution in [0.5, 0.6) is 0 Å². The second-order valence-corrected chi connectivity index (χ2v) is 8.89. The molecule has 32 heavy (non-hydrogen) atoms. The highest BCUT2D eigenvalue weighted by atomic mass is 32.2. The van der Waals surface area contributed by atoms with Crippen LogP contribution in [-0.2, 0) is 24.1 Å². The number of nitrogens with two attached hydrogens (primary N) is 1. The van der Waals surface area contributed by atoms with E-state index >= 15 is 0 Å². The summed E-state index contributed by atoms with van der Waals surface area (Å²) in [7, 11) is 0. The summed E-state index contributed by atoms with van der Waals surface area (Å²) in [6, 6.07) is 6.40. The van der Waals surface area contributed by atoms with E-state index in [-0.39, 0.29) is 17.6 Å². The number of hydrogen-bond acceptors (Lipinski definition) is 6. The SMILES string of the molecule is Nc1nc2cnc(C(=O)N3CCSC[C@H]3c3ccc(C(F)(F)F)cc3)cc2c2c1COC2. The quantitative estimate of drug-likeness (QED) is 0.618. The standard InChI is InChI=1S/C22H19F3N4O2S/c23-22(24,25)13-3-1-12(2-4-13)19-11-32-6-5-29(19)21(30)17-7-14-15-9-31-10-16(15)20(26)28-18(14)8-27-17/h1-4,7-8,19H,5-6,9-11H2,(H2,26,28)/t19-/m0/s1. The molecule has 2 N–H and O–H groups in total. The Morgan fingerprint density at radius 2 is 1.94 bits per heavy atom. The molecule has 0 unspecified atom stereocenters. The zero-order valence-electron chi connectivity index (χ0n) is 16.9. The van der Waals surface area contributed by atoms with Crippen molar-refractivity contribution in [1.29, 1.82) is 0 Å². The van der Waals surface area contributed by atoms with E-state index in [4.69, 9.17) is 10.5 Å². The van der Waals surface area contributed by atoms with Gasteiger partial charge < -0.3 is 15.4 Å². The Morgan fingerprint density at radius 3 is 2.69 bits per heavy atom. The van der Waals surface area contributed by atoms with Gasteiger partial charge in [-0.3, -0.25) is 4.79 Å². The summed E-state index contributed by atoms with van der Waals surface area (Å²) < 4.78 is 44.3. The van der Waals surface area contributed by atoms with Crippen LogP contribution in [0.3, 0.4) is 0 Å². The van der Waals surface area contributed by atoms with Crippen molar-refractivity contribution >= 4 is 34.4 Å². The molecule has 2 aromatic heterocycles. The van der Waals surface area contributed by atoms with Crippen molar-refractivity contribution in [3.05, 3.63) is 64.5 Å². The summed E-state index contributed by atoms with van der Waals surface area (Å²) in [4.78, 5) is 23.8. The summed E-state index contributed by atoms with van der Waals surface area (Å²) >= 11 is 1.67. The van der Waals surface area contributed by atoms with Gasteiger partial charge in [0.2, 0.25) is 0 Å². The summed E-state index contributed by atoms with van der Waals surface area (Å²) in [5, 5.41) is 0.780. The van der Waals surface area contributed by atoms with Gasteiger partial charge in [0.25, 0.3) is 5.91 Å². The van der Waals surface area contributed by atoms with Gasteiger partial charge in [0, 0.05) is 29.0 Å². The number of fused-ring (bicyclic) bond motifs is 3. The predicted molar refractivity (Wildman–Crippen MR) is 115 cm³/mol. The first-order chi connectivity index (χ1) is 15.3. The molecule has 0 bridgehead atoms. The van der Waals surface area contributed by atoms with Crippen LogP contribution in [-0.4, -0.2) is 38.8 Å². The Kier molecular flexibility index (Phi) is 5.21. The number of thioether (sulfide) groups is 1. The van der Waals surface area contributed by atoms with Gasteiger partial charge in [-0.05, 0) is 29.3 Å². The van der Waals surface area contributed by atoms with Crippen LogP contribution in [0.1, 0.15) is 38.8 Å². The molecule has 3 aromatic rings. The van der Waals surface area contributed by atoms with E-state index in [0.717, 1.165) is 34.4 Å². The molecule has 6 nitrogen and oxygen atoms in total. The van der Waals surface area contributed by atoms with E-state index in [1.165, 1.54) is 18.3 Å². The Labute approximate surface area is 186 Å². The fourth-order valence-corrected chi connectivity index (χ4v) is 5.24. The van der Waals surface area contributed by atoms with Crippen LogP contribution in [0.15, 0.2) is 36.5 Å². The molecule has 0 radical (unpaired) electrons. The third kappa shape index (κ3) is 3.67. The smallest absolute Gasteiger partial charge is 0.383 e. The lowest BCUT2D eigenvalue weighted by atomic mass is 10.0. The summed E-state index contributed by atoms with van der Waals surface area (Å²) in [5.41, 5.74) is 8.58. The highest BCUT2D eigenvalue weighted by Gasteiger charge is 2.33. The first-order valence-electron chi connectivity index (χ1n) is 10.0. The third-order valence-electron chi connectivity index (χ3n) is 5.85. The van der Waals surface area contributed by atoms with Crippen LogP contribution in [0, 0.1) is 0 Å². The summed E-state index contributed by atoms with van der Waals surface area (Å²) in [6.07, 6.45) is -2.87. The maximum Gasteiger partial charge on any atom is 0.416 e. The van der Waals surface area contributed by atoms with E-state index in [0.29, 0.717) is 42.4 Å². The molecular weight excluding hydrogens is 441 g/mol. The monoisotopic (exact) mass is 460 g/mol. The highest BCUT2D eigenvalue weighted by Crippen LogP contribution is 2.35. The summed E-state index contributed by atoms with van der Waals surface area (Å²) in [5.74, 6) is 1.49. The van der Waals surface area contributed by atoms with Crippen molar-refractivity contribution in [2.24, 2.45) is 0 Å². The van der Waals surface area contributed by atoms with Crippen LogP contribution >= 0.6 is 11.8 Å². The predicted octanol–water partition coefficient (Wildman–Crippen LogP) is 4.19. The lowest BCUT2D eigenvalue weighted by Gasteiger charge is -2.35. The second-order valence-electron chi connectivity index (χ2n) is 7.74. The van der Waals surface area contributed by atoms with Crippen LogP contribution < -0.4 is 5.73 Å². The molecule has 0 saturated carbocycles. The van der Waals surface area contributed by atoms with Crippen LogP contribution in [0.25, 0.3) is 10.9 Å².